The number of rotatable bonds is 2. The summed E-state index contributed by atoms with van der Waals surface area (Å²) in [6, 6.07) is 11.9. The Bertz CT molecular complexity index is 759. The zero-order chi connectivity index (χ0) is 17.3. The number of carbonyl (C=O) groups is 1. The summed E-state index contributed by atoms with van der Waals surface area (Å²) < 4.78 is 5.93. The van der Waals surface area contributed by atoms with Crippen molar-refractivity contribution in [3.63, 3.8) is 0 Å². The number of hydrogen-bond donors (Lipinski definition) is 2. The van der Waals surface area contributed by atoms with Crippen LogP contribution >= 0.6 is 0 Å². The Morgan fingerprint density at radius 2 is 1.96 bits per heavy atom. The van der Waals surface area contributed by atoms with E-state index in [1.165, 1.54) is 18.2 Å². The Balaban J connectivity index is 1.86. The topological polar surface area (TPSA) is 70.0 Å². The van der Waals surface area contributed by atoms with Crippen molar-refractivity contribution in [1.29, 1.82) is 0 Å². The fourth-order valence-corrected chi connectivity index (χ4v) is 3.03. The molecule has 2 aromatic rings. The first kappa shape index (κ1) is 16.3. The number of aromatic hydroxyl groups is 2. The normalized spacial score (nSPS) is 20.8. The summed E-state index contributed by atoms with van der Waals surface area (Å²) >= 11 is 0. The largest absolute Gasteiger partial charge is 0.508 e. The van der Waals surface area contributed by atoms with Gasteiger partial charge in [-0.15, -0.1) is 0 Å². The highest BCUT2D eigenvalue weighted by molar-refractivity contribution is 5.97. The maximum Gasteiger partial charge on any atom is 0.258 e. The highest BCUT2D eigenvalue weighted by Gasteiger charge is 2.32. The van der Waals surface area contributed by atoms with Crippen LogP contribution in [0.3, 0.4) is 0 Å². The maximum atomic E-state index is 12.8. The Kier molecular flexibility index (Phi) is 4.44. The van der Waals surface area contributed by atoms with Gasteiger partial charge in [-0.25, -0.2) is 0 Å². The molecule has 2 N–H and O–H groups in total. The van der Waals surface area contributed by atoms with E-state index < -0.39 is 0 Å². The molecule has 0 spiro atoms. The van der Waals surface area contributed by atoms with Gasteiger partial charge < -0.3 is 19.8 Å². The van der Waals surface area contributed by atoms with Crippen molar-refractivity contribution in [2.75, 3.05) is 13.2 Å². The zero-order valence-corrected chi connectivity index (χ0v) is 13.8. The van der Waals surface area contributed by atoms with E-state index in [1.54, 1.807) is 4.90 Å². The number of benzene rings is 2. The van der Waals surface area contributed by atoms with E-state index in [-0.39, 0.29) is 35.1 Å². The van der Waals surface area contributed by atoms with Crippen LogP contribution in [0.15, 0.2) is 42.5 Å². The molecule has 1 fully saturated rings. The van der Waals surface area contributed by atoms with Gasteiger partial charge in [-0.3, -0.25) is 4.79 Å². The van der Waals surface area contributed by atoms with Crippen molar-refractivity contribution in [2.24, 2.45) is 0 Å². The van der Waals surface area contributed by atoms with Crippen LogP contribution < -0.4 is 0 Å². The third-order valence-corrected chi connectivity index (χ3v) is 4.44. The minimum absolute atomic E-state index is 0.0723. The van der Waals surface area contributed by atoms with Crippen LogP contribution in [0.1, 0.15) is 34.5 Å². The second-order valence-electron chi connectivity index (χ2n) is 6.19. The van der Waals surface area contributed by atoms with Crippen LogP contribution in [0.2, 0.25) is 0 Å². The monoisotopic (exact) mass is 327 g/mol. The number of amides is 1. The van der Waals surface area contributed by atoms with Crippen LogP contribution in [0.4, 0.5) is 0 Å². The lowest BCUT2D eigenvalue weighted by Gasteiger charge is -2.38. The minimum Gasteiger partial charge on any atom is -0.508 e. The predicted octanol–water partition coefficient (Wildman–Crippen LogP) is 3.01. The third kappa shape index (κ3) is 3.08. The van der Waals surface area contributed by atoms with Gasteiger partial charge in [0.1, 0.15) is 17.6 Å². The van der Waals surface area contributed by atoms with Gasteiger partial charge in [0, 0.05) is 6.07 Å². The second-order valence-corrected chi connectivity index (χ2v) is 6.19. The Hall–Kier alpha value is -2.53. The van der Waals surface area contributed by atoms with Gasteiger partial charge in [0.2, 0.25) is 0 Å². The highest BCUT2D eigenvalue weighted by atomic mass is 16.5. The molecule has 0 aromatic heterocycles. The fraction of sp³-hybridized carbons (Fsp3) is 0.316. The number of phenols is 2. The molecule has 3 rings (SSSR count). The number of carbonyl (C=O) groups excluding carboxylic acids is 1. The molecule has 2 atom stereocenters. The molecule has 1 amide bonds. The molecule has 0 bridgehead atoms. The highest BCUT2D eigenvalue weighted by Crippen LogP contribution is 2.30. The molecular formula is C19H21NO4. The van der Waals surface area contributed by atoms with Gasteiger partial charge in [-0.2, -0.15) is 0 Å². The van der Waals surface area contributed by atoms with Crippen LogP contribution in [0.5, 0.6) is 11.5 Å². The lowest BCUT2D eigenvalue weighted by atomic mass is 10.0. The van der Waals surface area contributed by atoms with Crippen molar-refractivity contribution in [3.05, 3.63) is 59.2 Å². The summed E-state index contributed by atoms with van der Waals surface area (Å²) in [6.45, 7) is 4.80. The van der Waals surface area contributed by atoms with Crippen molar-refractivity contribution in [1.82, 2.24) is 4.90 Å². The van der Waals surface area contributed by atoms with Gasteiger partial charge in [-0.1, -0.05) is 24.3 Å². The standard InChI is InChI=1S/C19H21NO4/c1-12-5-3-4-6-15(12)18-10-20(13(2)11-24-18)19(23)16-8-7-14(21)9-17(16)22/h3-9,13,18,21-22H,10-11H2,1-2H3. The molecule has 5 nitrogen and oxygen atoms in total. The Labute approximate surface area is 141 Å². The summed E-state index contributed by atoms with van der Waals surface area (Å²) in [5, 5.41) is 19.4. The van der Waals surface area contributed by atoms with Crippen molar-refractivity contribution in [2.45, 2.75) is 26.0 Å². The molecule has 5 heteroatoms. The molecular weight excluding hydrogens is 306 g/mol. The first-order chi connectivity index (χ1) is 11.5. The molecule has 126 valence electrons. The first-order valence-corrected chi connectivity index (χ1v) is 7.97. The van der Waals surface area contributed by atoms with Gasteiger partial charge >= 0.3 is 0 Å². The van der Waals surface area contributed by atoms with Crippen LogP contribution in [-0.4, -0.2) is 40.2 Å². The van der Waals surface area contributed by atoms with E-state index in [4.69, 9.17) is 4.74 Å². The number of hydrogen-bond acceptors (Lipinski definition) is 4. The predicted molar refractivity (Wildman–Crippen MR) is 90.1 cm³/mol. The Morgan fingerprint density at radius 3 is 2.67 bits per heavy atom. The lowest BCUT2D eigenvalue weighted by molar-refractivity contribution is -0.0489. The van der Waals surface area contributed by atoms with Crippen molar-refractivity contribution >= 4 is 5.91 Å². The van der Waals surface area contributed by atoms with E-state index in [2.05, 4.69) is 0 Å². The zero-order valence-electron chi connectivity index (χ0n) is 13.8. The number of nitrogens with zero attached hydrogens (tertiary/aromatic N) is 1. The first-order valence-electron chi connectivity index (χ1n) is 7.97. The van der Waals surface area contributed by atoms with Gasteiger partial charge in [0.25, 0.3) is 5.91 Å². The van der Waals surface area contributed by atoms with E-state index in [9.17, 15) is 15.0 Å². The SMILES string of the molecule is Cc1ccccc1C1CN(C(=O)c2ccc(O)cc2O)C(C)CO1. The number of morpholine rings is 1. The smallest absolute Gasteiger partial charge is 0.258 e. The van der Waals surface area contributed by atoms with Gasteiger partial charge in [-0.05, 0) is 37.1 Å². The van der Waals surface area contributed by atoms with Crippen LogP contribution in [0, 0.1) is 6.92 Å². The molecule has 2 unspecified atom stereocenters. The number of phenolic OH excluding ortho intramolecular Hbond substituents is 2. The quantitative estimate of drug-likeness (QED) is 0.889. The summed E-state index contributed by atoms with van der Waals surface area (Å²) in [6.07, 6.45) is -0.189. The van der Waals surface area contributed by atoms with E-state index >= 15 is 0 Å². The third-order valence-electron chi connectivity index (χ3n) is 4.44. The molecule has 0 radical (unpaired) electrons. The van der Waals surface area contributed by atoms with E-state index in [0.717, 1.165) is 11.1 Å². The van der Waals surface area contributed by atoms with E-state index in [0.29, 0.717) is 13.2 Å². The lowest BCUT2D eigenvalue weighted by Crippen LogP contribution is -2.48. The van der Waals surface area contributed by atoms with E-state index in [1.807, 2.05) is 38.1 Å². The number of aryl methyl sites for hydroxylation is 1. The summed E-state index contributed by atoms with van der Waals surface area (Å²) in [4.78, 5) is 14.5. The molecule has 1 saturated heterocycles. The van der Waals surface area contributed by atoms with Gasteiger partial charge in [0.05, 0.1) is 24.8 Å². The number of ether oxygens (including phenoxy) is 1. The molecule has 1 heterocycles. The van der Waals surface area contributed by atoms with Crippen molar-refractivity contribution in [3.8, 4) is 11.5 Å². The average molecular weight is 327 g/mol. The van der Waals surface area contributed by atoms with Crippen molar-refractivity contribution < 1.29 is 19.7 Å². The van der Waals surface area contributed by atoms with Gasteiger partial charge in [0.15, 0.2) is 0 Å². The molecule has 0 saturated carbocycles. The minimum atomic E-state index is -0.262. The molecule has 2 aromatic carbocycles. The average Bonchev–Trinajstić information content (AvgIpc) is 2.55. The summed E-state index contributed by atoms with van der Waals surface area (Å²) in [7, 11) is 0. The molecule has 24 heavy (non-hydrogen) atoms. The molecule has 1 aliphatic heterocycles. The van der Waals surface area contributed by atoms with Crippen LogP contribution in [-0.2, 0) is 4.74 Å². The molecule has 0 aliphatic carbocycles. The maximum absolute atomic E-state index is 12.8. The summed E-state index contributed by atoms with van der Waals surface area (Å²) in [5.41, 5.74) is 2.37. The molecule has 1 aliphatic rings. The fourth-order valence-electron chi connectivity index (χ4n) is 3.03. The van der Waals surface area contributed by atoms with Crippen LogP contribution in [0.25, 0.3) is 0 Å². The second kappa shape index (κ2) is 6.53. The summed E-state index contributed by atoms with van der Waals surface area (Å²) in [5.74, 6) is -0.551. The Morgan fingerprint density at radius 1 is 1.21 bits per heavy atom.